The monoisotopic (exact) mass is 358 g/mol. The zero-order valence-electron chi connectivity index (χ0n) is 15.3. The van der Waals surface area contributed by atoms with Gasteiger partial charge in [-0.3, -0.25) is 4.90 Å². The number of nitrogens with one attached hydrogen (secondary N) is 2. The summed E-state index contributed by atoms with van der Waals surface area (Å²) >= 11 is 0. The summed E-state index contributed by atoms with van der Waals surface area (Å²) in [5, 5.41) is 7.07. The van der Waals surface area contributed by atoms with Crippen LogP contribution >= 0.6 is 0 Å². The minimum absolute atomic E-state index is 0.268. The number of piperidine rings is 1. The van der Waals surface area contributed by atoms with E-state index < -0.39 is 5.54 Å². The van der Waals surface area contributed by atoms with Crippen molar-refractivity contribution in [2.45, 2.75) is 69.5 Å². The van der Waals surface area contributed by atoms with E-state index in [4.69, 9.17) is 0 Å². The highest BCUT2D eigenvalue weighted by atomic mass is 19.1. The Labute approximate surface area is 154 Å². The van der Waals surface area contributed by atoms with Crippen LogP contribution in [0.1, 0.15) is 51.9 Å². The van der Waals surface area contributed by atoms with Crippen molar-refractivity contribution in [2.24, 2.45) is 4.99 Å². The summed E-state index contributed by atoms with van der Waals surface area (Å²) in [4.78, 5) is 19.0. The van der Waals surface area contributed by atoms with Crippen molar-refractivity contribution >= 4 is 17.6 Å². The highest BCUT2D eigenvalue weighted by Gasteiger charge is 2.52. The molecular weight excluding hydrogens is 331 g/mol. The zero-order valence-corrected chi connectivity index (χ0v) is 15.3. The number of hydrogen-bond donors (Lipinski definition) is 2. The maximum absolute atomic E-state index is 13.8. The Hall–Kier alpha value is -1.95. The molecule has 1 saturated carbocycles. The van der Waals surface area contributed by atoms with Gasteiger partial charge in [-0.05, 0) is 57.4 Å². The molecule has 26 heavy (non-hydrogen) atoms. The molecule has 3 aliphatic rings. The Kier molecular flexibility index (Phi) is 4.69. The minimum atomic E-state index is -0.507. The summed E-state index contributed by atoms with van der Waals surface area (Å²) < 4.78 is 13.8. The maximum atomic E-state index is 13.8. The van der Waals surface area contributed by atoms with Crippen LogP contribution in [0.4, 0.5) is 14.9 Å². The van der Waals surface area contributed by atoms with Crippen LogP contribution in [0.5, 0.6) is 0 Å². The van der Waals surface area contributed by atoms with Gasteiger partial charge in [0.25, 0.3) is 0 Å². The van der Waals surface area contributed by atoms with Crippen molar-refractivity contribution in [3.05, 3.63) is 30.1 Å². The molecule has 1 aromatic carbocycles. The van der Waals surface area contributed by atoms with Gasteiger partial charge in [0.1, 0.15) is 17.2 Å². The molecule has 1 saturated heterocycles. The van der Waals surface area contributed by atoms with E-state index in [1.807, 2.05) is 0 Å². The predicted molar refractivity (Wildman–Crippen MR) is 101 cm³/mol. The van der Waals surface area contributed by atoms with Crippen molar-refractivity contribution in [3.63, 3.8) is 0 Å². The lowest BCUT2D eigenvalue weighted by Gasteiger charge is -2.45. The Balaban J connectivity index is 1.69. The molecule has 2 amide bonds. The number of halogens is 1. The molecule has 140 valence electrons. The summed E-state index contributed by atoms with van der Waals surface area (Å²) in [6, 6.07) is 6.66. The van der Waals surface area contributed by atoms with Gasteiger partial charge < -0.3 is 10.6 Å². The van der Waals surface area contributed by atoms with E-state index >= 15 is 0 Å². The molecule has 0 aromatic heterocycles. The normalized spacial score (nSPS) is 29.9. The molecule has 5 nitrogen and oxygen atoms in total. The Morgan fingerprint density at radius 1 is 1.31 bits per heavy atom. The van der Waals surface area contributed by atoms with Crippen LogP contribution in [0.25, 0.3) is 0 Å². The van der Waals surface area contributed by atoms with Gasteiger partial charge in [0.2, 0.25) is 0 Å². The highest BCUT2D eigenvalue weighted by Crippen LogP contribution is 2.39. The molecule has 2 N–H and O–H groups in total. The van der Waals surface area contributed by atoms with E-state index in [9.17, 15) is 9.18 Å². The van der Waals surface area contributed by atoms with E-state index in [2.05, 4.69) is 22.5 Å². The number of rotatable bonds is 2. The first-order valence-electron chi connectivity index (χ1n) is 9.77. The molecule has 1 aromatic rings. The van der Waals surface area contributed by atoms with Crippen LogP contribution in [0.2, 0.25) is 0 Å². The Bertz CT molecular complexity index is 716. The molecule has 2 unspecified atom stereocenters. The maximum Gasteiger partial charge on any atom is 0.350 e. The minimum Gasteiger partial charge on any atom is -0.369 e. The lowest BCUT2D eigenvalue weighted by molar-refractivity contribution is 0.247. The molecule has 1 aliphatic carbocycles. The van der Waals surface area contributed by atoms with E-state index in [0.717, 1.165) is 38.1 Å². The fraction of sp³-hybridized carbons (Fsp3) is 0.600. The van der Waals surface area contributed by atoms with Crippen LogP contribution in [0.3, 0.4) is 0 Å². The van der Waals surface area contributed by atoms with Crippen molar-refractivity contribution < 1.29 is 9.18 Å². The number of carbonyl (C=O) groups excluding carboxylic acids is 1. The van der Waals surface area contributed by atoms with Gasteiger partial charge in [0.15, 0.2) is 0 Å². The lowest BCUT2D eigenvalue weighted by Crippen LogP contribution is -2.63. The largest absolute Gasteiger partial charge is 0.369 e. The molecule has 2 aliphatic heterocycles. The average molecular weight is 358 g/mol. The third-order valence-electron chi connectivity index (χ3n) is 5.96. The van der Waals surface area contributed by atoms with Crippen molar-refractivity contribution in [1.82, 2.24) is 10.6 Å². The van der Waals surface area contributed by atoms with E-state index in [1.165, 1.54) is 31.4 Å². The summed E-state index contributed by atoms with van der Waals surface area (Å²) in [7, 11) is 0. The van der Waals surface area contributed by atoms with E-state index in [0.29, 0.717) is 11.7 Å². The number of amidine groups is 1. The first-order chi connectivity index (χ1) is 12.6. The Morgan fingerprint density at radius 3 is 2.85 bits per heavy atom. The Morgan fingerprint density at radius 2 is 2.12 bits per heavy atom. The van der Waals surface area contributed by atoms with Crippen molar-refractivity contribution in [3.8, 4) is 0 Å². The third-order valence-corrected chi connectivity index (χ3v) is 5.96. The predicted octanol–water partition coefficient (Wildman–Crippen LogP) is 3.60. The third kappa shape index (κ3) is 3.11. The highest BCUT2D eigenvalue weighted by molar-refractivity contribution is 6.16. The number of anilines is 1. The second-order valence-corrected chi connectivity index (χ2v) is 7.88. The van der Waals surface area contributed by atoms with Crippen LogP contribution in [0.15, 0.2) is 29.3 Å². The number of nitrogens with zero attached hydrogens (tertiary/aromatic N) is 2. The van der Waals surface area contributed by atoms with Gasteiger partial charge >= 0.3 is 6.03 Å². The summed E-state index contributed by atoms with van der Waals surface area (Å²) in [6.07, 6.45) is 7.51. The van der Waals surface area contributed by atoms with Crippen LogP contribution in [-0.4, -0.2) is 36.0 Å². The molecular formula is C20H27FN4O. The number of carbonyl (C=O) groups is 1. The molecule has 2 heterocycles. The number of benzene rings is 1. The first kappa shape index (κ1) is 17.5. The summed E-state index contributed by atoms with van der Waals surface area (Å²) in [5.41, 5.74) is 0.0841. The van der Waals surface area contributed by atoms with Crippen LogP contribution < -0.4 is 15.5 Å². The van der Waals surface area contributed by atoms with Gasteiger partial charge in [-0.25, -0.2) is 9.18 Å². The number of hydrogen-bond acceptors (Lipinski definition) is 3. The average Bonchev–Trinajstić information content (AvgIpc) is 2.86. The summed E-state index contributed by atoms with van der Waals surface area (Å²) in [6.45, 7) is 2.94. The molecule has 0 bridgehead atoms. The molecule has 2 fully saturated rings. The second kappa shape index (κ2) is 6.99. The van der Waals surface area contributed by atoms with Crippen LogP contribution in [-0.2, 0) is 0 Å². The van der Waals surface area contributed by atoms with Gasteiger partial charge in [-0.2, -0.15) is 4.99 Å². The molecule has 2 atom stereocenters. The standard InChI is InChI=1S/C20H27FN4O/c1-14-13-20(10-11-22-14)18(23-16-7-3-2-4-8-16)24-19(26)25(20)17-9-5-6-15(21)12-17/h5-6,9,12,14,16,22H,2-4,7-8,10-11,13H2,1H3,(H,23,24,26). The SMILES string of the molecule is CC1CC2(CCN1)C(NC1CCCCC1)=NC(=O)N2c1cccc(F)c1. The van der Waals surface area contributed by atoms with Gasteiger partial charge in [-0.15, -0.1) is 0 Å². The lowest BCUT2D eigenvalue weighted by atomic mass is 9.81. The fourth-order valence-electron chi connectivity index (χ4n) is 4.74. The molecule has 0 radical (unpaired) electrons. The quantitative estimate of drug-likeness (QED) is 0.849. The van der Waals surface area contributed by atoms with Crippen molar-refractivity contribution in [1.29, 1.82) is 0 Å². The van der Waals surface area contributed by atoms with Crippen LogP contribution in [0, 0.1) is 5.82 Å². The van der Waals surface area contributed by atoms with Gasteiger partial charge in [-0.1, -0.05) is 25.3 Å². The number of aliphatic imine (C=N–C) groups is 1. The van der Waals surface area contributed by atoms with Crippen molar-refractivity contribution in [2.75, 3.05) is 11.4 Å². The topological polar surface area (TPSA) is 56.7 Å². The zero-order chi connectivity index (χ0) is 18.1. The second-order valence-electron chi connectivity index (χ2n) is 7.88. The smallest absolute Gasteiger partial charge is 0.350 e. The first-order valence-corrected chi connectivity index (χ1v) is 9.77. The molecule has 4 rings (SSSR count). The number of urea groups is 1. The molecule has 6 heteroatoms. The number of amides is 2. The van der Waals surface area contributed by atoms with E-state index in [1.54, 1.807) is 17.0 Å². The molecule has 1 spiro atoms. The fourth-order valence-corrected chi connectivity index (χ4v) is 4.74. The van der Waals surface area contributed by atoms with Gasteiger partial charge in [0, 0.05) is 17.8 Å². The van der Waals surface area contributed by atoms with E-state index in [-0.39, 0.29) is 17.9 Å². The van der Waals surface area contributed by atoms with Gasteiger partial charge in [0.05, 0.1) is 0 Å². The summed E-state index contributed by atoms with van der Waals surface area (Å²) in [5.74, 6) is 0.452.